The average molecular weight is 528 g/mol. The Balaban J connectivity index is 0.00000420. The van der Waals surface area contributed by atoms with Crippen LogP contribution in [0.15, 0.2) is 29.3 Å². The monoisotopic (exact) mass is 528 g/mol. The van der Waals surface area contributed by atoms with Gasteiger partial charge < -0.3 is 20.3 Å². The van der Waals surface area contributed by atoms with Gasteiger partial charge in [-0.2, -0.15) is 13.2 Å². The van der Waals surface area contributed by atoms with Crippen molar-refractivity contribution in [3.8, 4) is 5.75 Å². The van der Waals surface area contributed by atoms with Crippen molar-refractivity contribution in [1.82, 2.24) is 15.5 Å². The minimum absolute atomic E-state index is 0. The molecular formula is C19H28F3IN4O2. The van der Waals surface area contributed by atoms with E-state index in [1.807, 2.05) is 18.7 Å². The first kappa shape index (κ1) is 25.3. The van der Waals surface area contributed by atoms with E-state index in [1.54, 1.807) is 0 Å². The minimum Gasteiger partial charge on any atom is -0.492 e. The molecule has 2 rings (SSSR count). The number of hydrogen-bond donors (Lipinski definition) is 2. The maximum absolute atomic E-state index is 12.5. The van der Waals surface area contributed by atoms with E-state index in [0.717, 1.165) is 25.1 Å². The Bertz CT molecular complexity index is 668. The van der Waals surface area contributed by atoms with Gasteiger partial charge in [-0.3, -0.25) is 4.79 Å². The van der Waals surface area contributed by atoms with Crippen LogP contribution >= 0.6 is 24.0 Å². The summed E-state index contributed by atoms with van der Waals surface area (Å²) in [5.74, 6) is 1.15. The second-order valence-electron chi connectivity index (χ2n) is 6.45. The van der Waals surface area contributed by atoms with E-state index in [0.29, 0.717) is 37.8 Å². The van der Waals surface area contributed by atoms with Gasteiger partial charge in [0.25, 0.3) is 0 Å². The van der Waals surface area contributed by atoms with Crippen LogP contribution in [0.2, 0.25) is 0 Å². The molecule has 1 aliphatic heterocycles. The number of amides is 1. The summed E-state index contributed by atoms with van der Waals surface area (Å²) in [5, 5.41) is 6.46. The molecule has 164 valence electrons. The zero-order chi connectivity index (χ0) is 20.6. The molecule has 1 amide bonds. The fourth-order valence-electron chi connectivity index (χ4n) is 2.90. The molecule has 1 saturated heterocycles. The zero-order valence-electron chi connectivity index (χ0n) is 16.6. The maximum atomic E-state index is 12.5. The average Bonchev–Trinajstić information content (AvgIpc) is 3.13. The van der Waals surface area contributed by atoms with Gasteiger partial charge in [-0.05, 0) is 37.6 Å². The van der Waals surface area contributed by atoms with E-state index in [9.17, 15) is 18.0 Å². The third-order valence-electron chi connectivity index (χ3n) is 4.34. The molecule has 29 heavy (non-hydrogen) atoms. The van der Waals surface area contributed by atoms with E-state index in [1.165, 1.54) is 12.1 Å². The fourth-order valence-corrected chi connectivity index (χ4v) is 2.90. The number of nitrogens with one attached hydrogen (secondary N) is 2. The van der Waals surface area contributed by atoms with Crippen LogP contribution < -0.4 is 15.4 Å². The quantitative estimate of drug-likeness (QED) is 0.247. The number of carbonyl (C=O) groups is 1. The van der Waals surface area contributed by atoms with Gasteiger partial charge >= 0.3 is 6.18 Å². The highest BCUT2D eigenvalue weighted by Crippen LogP contribution is 2.30. The lowest BCUT2D eigenvalue weighted by Gasteiger charge is -2.18. The molecule has 1 fully saturated rings. The molecule has 2 N–H and O–H groups in total. The summed E-state index contributed by atoms with van der Waals surface area (Å²) >= 11 is 0. The van der Waals surface area contributed by atoms with Crippen molar-refractivity contribution in [3.63, 3.8) is 0 Å². The van der Waals surface area contributed by atoms with Gasteiger partial charge in [-0.15, -0.1) is 24.0 Å². The predicted molar refractivity (Wildman–Crippen MR) is 117 cm³/mol. The number of benzene rings is 1. The standard InChI is InChI=1S/C19H27F3N4O2.HI/c1-3-17(27)26-11-9-15(13-26)25-18(23-4-2)24-10-12-28-16-7-5-14(6-8-16)19(20,21)22;/h5-8,15H,3-4,9-13H2,1-2H3,(H2,23,24,25);1H. The first-order chi connectivity index (χ1) is 13.3. The Labute approximate surface area is 186 Å². The van der Waals surface area contributed by atoms with Crippen LogP contribution in [0, 0.1) is 0 Å². The number of aliphatic imine (C=N–C) groups is 1. The van der Waals surface area contributed by atoms with Gasteiger partial charge in [0.15, 0.2) is 5.96 Å². The van der Waals surface area contributed by atoms with Crippen LogP contribution in [0.1, 0.15) is 32.3 Å². The second-order valence-corrected chi connectivity index (χ2v) is 6.45. The summed E-state index contributed by atoms with van der Waals surface area (Å²) in [5.41, 5.74) is -0.705. The molecule has 1 aliphatic rings. The number of likely N-dealkylation sites (tertiary alicyclic amines) is 1. The fraction of sp³-hybridized carbons (Fsp3) is 0.579. The van der Waals surface area contributed by atoms with Gasteiger partial charge in [-0.25, -0.2) is 4.99 Å². The summed E-state index contributed by atoms with van der Waals surface area (Å²) < 4.78 is 43.1. The number of alkyl halides is 3. The predicted octanol–water partition coefficient (Wildman–Crippen LogP) is 3.27. The highest BCUT2D eigenvalue weighted by atomic mass is 127. The number of carbonyl (C=O) groups excluding carboxylic acids is 1. The Morgan fingerprint density at radius 3 is 2.55 bits per heavy atom. The Kier molecular flexibility index (Phi) is 10.5. The van der Waals surface area contributed by atoms with Crippen molar-refractivity contribution >= 4 is 35.8 Å². The van der Waals surface area contributed by atoms with Crippen LogP contribution in [-0.2, 0) is 11.0 Å². The molecule has 1 heterocycles. The Morgan fingerprint density at radius 1 is 1.28 bits per heavy atom. The van der Waals surface area contributed by atoms with Crippen molar-refractivity contribution in [1.29, 1.82) is 0 Å². The van der Waals surface area contributed by atoms with Crippen molar-refractivity contribution in [3.05, 3.63) is 29.8 Å². The van der Waals surface area contributed by atoms with Crippen LogP contribution in [0.4, 0.5) is 13.2 Å². The summed E-state index contributed by atoms with van der Waals surface area (Å²) in [6.07, 6.45) is -2.99. The van der Waals surface area contributed by atoms with E-state index in [2.05, 4.69) is 15.6 Å². The van der Waals surface area contributed by atoms with Gasteiger partial charge in [0.1, 0.15) is 12.4 Å². The number of nitrogens with zero attached hydrogens (tertiary/aromatic N) is 2. The van der Waals surface area contributed by atoms with E-state index >= 15 is 0 Å². The number of guanidine groups is 1. The van der Waals surface area contributed by atoms with Crippen molar-refractivity contribution in [2.45, 2.75) is 38.9 Å². The molecule has 6 nitrogen and oxygen atoms in total. The highest BCUT2D eigenvalue weighted by Gasteiger charge is 2.30. The lowest BCUT2D eigenvalue weighted by atomic mass is 10.2. The molecule has 0 spiro atoms. The topological polar surface area (TPSA) is 66.0 Å². The van der Waals surface area contributed by atoms with Gasteiger partial charge in [0.05, 0.1) is 12.1 Å². The molecule has 1 atom stereocenters. The van der Waals surface area contributed by atoms with E-state index in [4.69, 9.17) is 4.74 Å². The molecule has 1 aromatic rings. The summed E-state index contributed by atoms with van der Waals surface area (Å²) in [4.78, 5) is 18.0. The molecule has 10 heteroatoms. The normalized spacial score (nSPS) is 16.9. The number of rotatable bonds is 7. The van der Waals surface area contributed by atoms with Crippen molar-refractivity contribution in [2.24, 2.45) is 4.99 Å². The summed E-state index contributed by atoms with van der Waals surface area (Å²) in [6.45, 7) is 6.48. The SMILES string of the molecule is CCNC(=NCCOc1ccc(C(F)(F)F)cc1)NC1CCN(C(=O)CC)C1.I. The van der Waals surface area contributed by atoms with Gasteiger partial charge in [0.2, 0.25) is 5.91 Å². The maximum Gasteiger partial charge on any atom is 0.416 e. The largest absolute Gasteiger partial charge is 0.492 e. The number of halogens is 4. The summed E-state index contributed by atoms with van der Waals surface area (Å²) in [7, 11) is 0. The first-order valence-corrected chi connectivity index (χ1v) is 9.46. The molecule has 0 saturated carbocycles. The Hall–Kier alpha value is -1.72. The van der Waals surface area contributed by atoms with Crippen molar-refractivity contribution in [2.75, 3.05) is 32.8 Å². The molecule has 0 bridgehead atoms. The minimum atomic E-state index is -4.35. The van der Waals surface area contributed by atoms with Crippen LogP contribution in [-0.4, -0.2) is 55.6 Å². The molecule has 0 aromatic heterocycles. The zero-order valence-corrected chi connectivity index (χ0v) is 18.9. The third-order valence-corrected chi connectivity index (χ3v) is 4.34. The van der Waals surface area contributed by atoms with E-state index in [-0.39, 0.29) is 42.5 Å². The molecule has 0 radical (unpaired) electrons. The smallest absolute Gasteiger partial charge is 0.416 e. The van der Waals surface area contributed by atoms with Crippen molar-refractivity contribution < 1.29 is 22.7 Å². The summed E-state index contributed by atoms with van der Waals surface area (Å²) in [6, 6.07) is 4.73. The third kappa shape index (κ3) is 8.27. The Morgan fingerprint density at radius 2 is 1.97 bits per heavy atom. The van der Waals surface area contributed by atoms with Crippen LogP contribution in [0.3, 0.4) is 0 Å². The second kappa shape index (κ2) is 12.1. The molecule has 1 unspecified atom stereocenters. The first-order valence-electron chi connectivity index (χ1n) is 9.46. The van der Waals surface area contributed by atoms with Crippen LogP contribution in [0.25, 0.3) is 0 Å². The number of ether oxygens (including phenoxy) is 1. The van der Waals surface area contributed by atoms with Gasteiger partial charge in [-0.1, -0.05) is 6.92 Å². The highest BCUT2D eigenvalue weighted by molar-refractivity contribution is 14.0. The lowest BCUT2D eigenvalue weighted by molar-refractivity contribution is -0.137. The molecular weight excluding hydrogens is 500 g/mol. The number of hydrogen-bond acceptors (Lipinski definition) is 3. The van der Waals surface area contributed by atoms with E-state index < -0.39 is 11.7 Å². The van der Waals surface area contributed by atoms with Gasteiger partial charge in [0, 0.05) is 32.1 Å². The lowest BCUT2D eigenvalue weighted by Crippen LogP contribution is -2.45. The molecule has 0 aliphatic carbocycles. The van der Waals surface area contributed by atoms with Crippen LogP contribution in [0.5, 0.6) is 5.75 Å². The molecule has 1 aromatic carbocycles.